The van der Waals surface area contributed by atoms with Crippen molar-refractivity contribution in [3.8, 4) is 0 Å². The highest BCUT2D eigenvalue weighted by atomic mass is 16.2. The van der Waals surface area contributed by atoms with Gasteiger partial charge in [0.05, 0.1) is 35.2 Å². The van der Waals surface area contributed by atoms with Gasteiger partial charge in [-0.3, -0.25) is 19.3 Å². The molecule has 2 amide bonds. The lowest BCUT2D eigenvalue weighted by Gasteiger charge is -2.24. The number of aromatic nitrogens is 3. The summed E-state index contributed by atoms with van der Waals surface area (Å²) in [5.74, 6) is -0.0842. The van der Waals surface area contributed by atoms with Gasteiger partial charge in [-0.05, 0) is 31.9 Å². The molecule has 0 bridgehead atoms. The Morgan fingerprint density at radius 1 is 1.36 bits per heavy atom. The third-order valence-electron chi connectivity index (χ3n) is 4.45. The molecule has 0 spiro atoms. The molecule has 1 aliphatic rings. The SMILES string of the molecule is CC(=O)NCc1cccc([C@H]2CCCN2C(=O)c2cn(C)nc2C)n1. The van der Waals surface area contributed by atoms with E-state index in [9.17, 15) is 9.59 Å². The summed E-state index contributed by atoms with van der Waals surface area (Å²) in [5.41, 5.74) is 3.05. The first kappa shape index (κ1) is 17.1. The first-order valence-electron chi connectivity index (χ1n) is 8.47. The summed E-state index contributed by atoms with van der Waals surface area (Å²) in [7, 11) is 1.82. The highest BCUT2D eigenvalue weighted by Crippen LogP contribution is 2.32. The number of carbonyl (C=O) groups is 2. The largest absolute Gasteiger partial charge is 0.351 e. The molecule has 7 heteroatoms. The molecule has 2 aromatic rings. The van der Waals surface area contributed by atoms with Crippen molar-refractivity contribution in [3.05, 3.63) is 47.0 Å². The maximum absolute atomic E-state index is 13.0. The van der Waals surface area contributed by atoms with Crippen LogP contribution in [-0.4, -0.2) is 38.0 Å². The Morgan fingerprint density at radius 2 is 2.16 bits per heavy atom. The summed E-state index contributed by atoms with van der Waals surface area (Å²) in [6, 6.07) is 5.72. The molecule has 2 aromatic heterocycles. The van der Waals surface area contributed by atoms with E-state index in [-0.39, 0.29) is 17.9 Å². The van der Waals surface area contributed by atoms with Gasteiger partial charge in [-0.1, -0.05) is 6.07 Å². The van der Waals surface area contributed by atoms with Crippen LogP contribution in [0.5, 0.6) is 0 Å². The van der Waals surface area contributed by atoms with E-state index in [4.69, 9.17) is 0 Å². The summed E-state index contributed by atoms with van der Waals surface area (Å²) in [6.45, 7) is 4.45. The minimum absolute atomic E-state index is 0.00200. The number of hydrogen-bond acceptors (Lipinski definition) is 4. The molecule has 0 aliphatic carbocycles. The number of nitrogens with one attached hydrogen (secondary N) is 1. The Balaban J connectivity index is 1.82. The summed E-state index contributed by atoms with van der Waals surface area (Å²) in [5, 5.41) is 7.03. The first-order chi connectivity index (χ1) is 12.0. The van der Waals surface area contributed by atoms with Crippen LogP contribution in [0, 0.1) is 6.92 Å². The molecule has 0 aromatic carbocycles. The molecule has 1 N–H and O–H groups in total. The second kappa shape index (κ2) is 7.04. The van der Waals surface area contributed by atoms with Crippen LogP contribution in [0.2, 0.25) is 0 Å². The van der Waals surface area contributed by atoms with E-state index in [0.29, 0.717) is 12.1 Å². The van der Waals surface area contributed by atoms with Crippen molar-refractivity contribution >= 4 is 11.8 Å². The van der Waals surface area contributed by atoms with E-state index in [1.165, 1.54) is 6.92 Å². The van der Waals surface area contributed by atoms with Crippen molar-refractivity contribution in [3.63, 3.8) is 0 Å². The highest BCUT2D eigenvalue weighted by molar-refractivity contribution is 5.95. The zero-order chi connectivity index (χ0) is 18.0. The number of carbonyl (C=O) groups excluding carboxylic acids is 2. The Labute approximate surface area is 147 Å². The van der Waals surface area contributed by atoms with Crippen molar-refractivity contribution in [2.75, 3.05) is 6.54 Å². The molecule has 0 saturated carbocycles. The minimum atomic E-state index is -0.0862. The molecule has 1 atom stereocenters. The van der Waals surface area contributed by atoms with Crippen LogP contribution in [0.1, 0.15) is 53.2 Å². The van der Waals surface area contributed by atoms with Crippen LogP contribution < -0.4 is 5.32 Å². The van der Waals surface area contributed by atoms with Crippen molar-refractivity contribution in [1.82, 2.24) is 25.0 Å². The smallest absolute Gasteiger partial charge is 0.257 e. The van der Waals surface area contributed by atoms with Gasteiger partial charge in [0.1, 0.15) is 0 Å². The number of aryl methyl sites for hydroxylation is 2. The van der Waals surface area contributed by atoms with Gasteiger partial charge in [0.15, 0.2) is 0 Å². The Bertz CT molecular complexity index is 799. The molecule has 132 valence electrons. The van der Waals surface area contributed by atoms with Crippen molar-refractivity contribution in [2.24, 2.45) is 7.05 Å². The third kappa shape index (κ3) is 3.70. The van der Waals surface area contributed by atoms with Gasteiger partial charge in [0, 0.05) is 26.7 Å². The molecular formula is C18H23N5O2. The molecule has 1 aliphatic heterocycles. The fourth-order valence-electron chi connectivity index (χ4n) is 3.28. The lowest BCUT2D eigenvalue weighted by molar-refractivity contribution is -0.119. The van der Waals surface area contributed by atoms with Crippen LogP contribution in [0.25, 0.3) is 0 Å². The fraction of sp³-hybridized carbons (Fsp3) is 0.444. The van der Waals surface area contributed by atoms with Gasteiger partial charge in [0.25, 0.3) is 5.91 Å². The molecule has 3 heterocycles. The lowest BCUT2D eigenvalue weighted by atomic mass is 10.1. The summed E-state index contributed by atoms with van der Waals surface area (Å²) < 4.78 is 1.67. The zero-order valence-corrected chi connectivity index (χ0v) is 14.8. The van der Waals surface area contributed by atoms with E-state index < -0.39 is 0 Å². The number of rotatable bonds is 4. The third-order valence-corrected chi connectivity index (χ3v) is 4.45. The monoisotopic (exact) mass is 341 g/mol. The van der Waals surface area contributed by atoms with Crippen LogP contribution in [0.4, 0.5) is 0 Å². The maximum atomic E-state index is 13.0. The van der Waals surface area contributed by atoms with Crippen LogP contribution in [-0.2, 0) is 18.4 Å². The average molecular weight is 341 g/mol. The molecule has 3 rings (SSSR count). The van der Waals surface area contributed by atoms with Crippen LogP contribution in [0.3, 0.4) is 0 Å². The van der Waals surface area contributed by atoms with Crippen molar-refractivity contribution < 1.29 is 9.59 Å². The maximum Gasteiger partial charge on any atom is 0.257 e. The van der Waals surface area contributed by atoms with Gasteiger partial charge in [0.2, 0.25) is 5.91 Å². The van der Waals surface area contributed by atoms with Gasteiger partial charge < -0.3 is 10.2 Å². The summed E-state index contributed by atoms with van der Waals surface area (Å²) >= 11 is 0. The molecule has 7 nitrogen and oxygen atoms in total. The highest BCUT2D eigenvalue weighted by Gasteiger charge is 2.32. The fourth-order valence-corrected chi connectivity index (χ4v) is 3.28. The Kier molecular flexibility index (Phi) is 4.83. The normalized spacial score (nSPS) is 16.9. The number of hydrogen-bond donors (Lipinski definition) is 1. The number of nitrogens with zero attached hydrogens (tertiary/aromatic N) is 4. The number of amides is 2. The van der Waals surface area contributed by atoms with Gasteiger partial charge in [-0.15, -0.1) is 0 Å². The topological polar surface area (TPSA) is 80.1 Å². The Morgan fingerprint density at radius 3 is 2.84 bits per heavy atom. The molecule has 1 fully saturated rings. The molecular weight excluding hydrogens is 318 g/mol. The predicted octanol–water partition coefficient (Wildman–Crippen LogP) is 1.74. The van der Waals surface area contributed by atoms with Gasteiger partial charge >= 0.3 is 0 Å². The number of pyridine rings is 1. The zero-order valence-electron chi connectivity index (χ0n) is 14.8. The van der Waals surface area contributed by atoms with E-state index in [1.54, 1.807) is 10.9 Å². The van der Waals surface area contributed by atoms with Crippen LogP contribution >= 0.6 is 0 Å². The Hall–Kier alpha value is -2.70. The second-order valence-corrected chi connectivity index (χ2v) is 6.42. The average Bonchev–Trinajstić information content (AvgIpc) is 3.19. The molecule has 0 unspecified atom stereocenters. The summed E-state index contributed by atoms with van der Waals surface area (Å²) in [6.07, 6.45) is 3.61. The van der Waals surface area contributed by atoms with Gasteiger partial charge in [-0.2, -0.15) is 5.10 Å². The standard InChI is InChI=1S/C18H23N5O2/c1-12-15(11-22(3)21-12)18(25)23-9-5-8-17(23)16-7-4-6-14(20-16)10-19-13(2)24/h4,6-7,11,17H,5,8-10H2,1-3H3,(H,19,24)/t17-/m1/s1. The van der Waals surface area contributed by atoms with E-state index in [1.807, 2.05) is 37.1 Å². The first-order valence-corrected chi connectivity index (χ1v) is 8.47. The number of likely N-dealkylation sites (tertiary alicyclic amines) is 1. The van der Waals surface area contributed by atoms with E-state index in [0.717, 1.165) is 36.5 Å². The van der Waals surface area contributed by atoms with E-state index in [2.05, 4.69) is 15.4 Å². The van der Waals surface area contributed by atoms with Crippen molar-refractivity contribution in [1.29, 1.82) is 0 Å². The van der Waals surface area contributed by atoms with Gasteiger partial charge in [-0.25, -0.2) is 0 Å². The quantitative estimate of drug-likeness (QED) is 0.918. The van der Waals surface area contributed by atoms with Crippen LogP contribution in [0.15, 0.2) is 24.4 Å². The second-order valence-electron chi connectivity index (χ2n) is 6.42. The predicted molar refractivity (Wildman–Crippen MR) is 92.7 cm³/mol. The molecule has 1 saturated heterocycles. The molecule has 0 radical (unpaired) electrons. The summed E-state index contributed by atoms with van der Waals surface area (Å²) in [4.78, 5) is 30.6. The lowest BCUT2D eigenvalue weighted by Crippen LogP contribution is -2.31. The minimum Gasteiger partial charge on any atom is -0.351 e. The molecule has 25 heavy (non-hydrogen) atoms. The van der Waals surface area contributed by atoms with E-state index >= 15 is 0 Å². The van der Waals surface area contributed by atoms with Crippen molar-refractivity contribution in [2.45, 2.75) is 39.3 Å².